The molecular weight excluding hydrogens is 458 g/mol. The van der Waals surface area contributed by atoms with E-state index in [1.54, 1.807) is 10.7 Å². The van der Waals surface area contributed by atoms with Gasteiger partial charge in [0.2, 0.25) is 0 Å². The molecule has 1 amide bonds. The van der Waals surface area contributed by atoms with Gasteiger partial charge in [-0.05, 0) is 50.2 Å². The minimum absolute atomic E-state index is 0.222. The Morgan fingerprint density at radius 3 is 2.83 bits per heavy atom. The summed E-state index contributed by atoms with van der Waals surface area (Å²) in [4.78, 5) is 22.9. The van der Waals surface area contributed by atoms with Gasteiger partial charge in [0.15, 0.2) is 5.65 Å². The predicted molar refractivity (Wildman–Crippen MR) is 134 cm³/mol. The van der Waals surface area contributed by atoms with E-state index in [4.69, 9.17) is 14.7 Å². The van der Waals surface area contributed by atoms with E-state index in [0.717, 1.165) is 73.4 Å². The minimum Gasteiger partial charge on any atom is -0.387 e. The van der Waals surface area contributed by atoms with E-state index in [1.807, 2.05) is 25.4 Å². The Morgan fingerprint density at radius 1 is 1.22 bits per heavy atom. The van der Waals surface area contributed by atoms with Crippen LogP contribution >= 0.6 is 0 Å². The molecule has 36 heavy (non-hydrogen) atoms. The van der Waals surface area contributed by atoms with Crippen molar-refractivity contribution in [2.45, 2.75) is 49.8 Å². The van der Waals surface area contributed by atoms with Crippen molar-refractivity contribution in [2.75, 3.05) is 25.6 Å². The molecule has 4 aromatic heterocycles. The number of carbonyl (C=O) groups is 1. The molecule has 0 aromatic carbocycles. The summed E-state index contributed by atoms with van der Waals surface area (Å²) < 4.78 is 9.47. The SMILES string of the molecule is CNc1cc(-c2cn(C3CCOCC3)c3ncccc23)nc2c(C(=O)N[C@H]3CCC4C[C@]43O)cnn12. The van der Waals surface area contributed by atoms with Crippen molar-refractivity contribution in [1.29, 1.82) is 0 Å². The maximum atomic E-state index is 13.3. The largest absolute Gasteiger partial charge is 0.387 e. The van der Waals surface area contributed by atoms with E-state index in [2.05, 4.69) is 32.6 Å². The lowest BCUT2D eigenvalue weighted by atomic mass is 10.1. The van der Waals surface area contributed by atoms with E-state index in [0.29, 0.717) is 23.2 Å². The first-order valence-electron chi connectivity index (χ1n) is 12.7. The van der Waals surface area contributed by atoms with Gasteiger partial charge in [-0.3, -0.25) is 4.79 Å². The van der Waals surface area contributed by atoms with Gasteiger partial charge >= 0.3 is 0 Å². The van der Waals surface area contributed by atoms with Crippen LogP contribution in [0, 0.1) is 5.92 Å². The number of hydrogen-bond donors (Lipinski definition) is 3. The molecular formula is C26H29N7O3. The van der Waals surface area contributed by atoms with Crippen LogP contribution in [0.4, 0.5) is 5.82 Å². The molecule has 3 aliphatic rings. The van der Waals surface area contributed by atoms with E-state index < -0.39 is 5.60 Å². The first-order chi connectivity index (χ1) is 17.6. The molecule has 10 heteroatoms. The van der Waals surface area contributed by atoms with Gasteiger partial charge in [0.25, 0.3) is 5.91 Å². The van der Waals surface area contributed by atoms with Gasteiger partial charge in [0.05, 0.1) is 23.5 Å². The summed E-state index contributed by atoms with van der Waals surface area (Å²) in [6.45, 7) is 1.48. The van der Waals surface area contributed by atoms with Crippen molar-refractivity contribution in [3.63, 3.8) is 0 Å². The summed E-state index contributed by atoms with van der Waals surface area (Å²) in [7, 11) is 1.83. The molecule has 3 atom stereocenters. The zero-order valence-electron chi connectivity index (χ0n) is 20.1. The van der Waals surface area contributed by atoms with Crippen molar-refractivity contribution in [3.8, 4) is 11.3 Å². The maximum absolute atomic E-state index is 13.3. The number of nitrogens with one attached hydrogen (secondary N) is 2. The van der Waals surface area contributed by atoms with Gasteiger partial charge in [-0.2, -0.15) is 9.61 Å². The molecule has 0 radical (unpaired) electrons. The highest BCUT2D eigenvalue weighted by atomic mass is 16.5. The van der Waals surface area contributed by atoms with Crippen LogP contribution in [-0.2, 0) is 4.74 Å². The van der Waals surface area contributed by atoms with Crippen molar-refractivity contribution in [3.05, 3.63) is 42.4 Å². The van der Waals surface area contributed by atoms with Crippen LogP contribution in [0.1, 0.15) is 48.5 Å². The molecule has 1 aliphatic heterocycles. The maximum Gasteiger partial charge on any atom is 0.257 e. The van der Waals surface area contributed by atoms with E-state index >= 15 is 0 Å². The highest BCUT2D eigenvalue weighted by Gasteiger charge is 2.62. The molecule has 5 heterocycles. The van der Waals surface area contributed by atoms with Crippen LogP contribution < -0.4 is 10.6 Å². The number of pyridine rings is 1. The lowest BCUT2D eigenvalue weighted by molar-refractivity contribution is 0.0706. The van der Waals surface area contributed by atoms with Crippen LogP contribution in [0.15, 0.2) is 36.8 Å². The van der Waals surface area contributed by atoms with Gasteiger partial charge in [0.1, 0.15) is 17.0 Å². The number of nitrogens with zero attached hydrogens (tertiary/aromatic N) is 5. The van der Waals surface area contributed by atoms with Crippen molar-refractivity contribution < 1.29 is 14.6 Å². The highest BCUT2D eigenvalue weighted by molar-refractivity contribution is 6.01. The molecule has 2 aliphatic carbocycles. The van der Waals surface area contributed by atoms with E-state index in [9.17, 15) is 9.90 Å². The predicted octanol–water partition coefficient (Wildman–Crippen LogP) is 2.78. The fraction of sp³-hybridized carbons (Fsp3) is 0.462. The number of carbonyl (C=O) groups excluding carboxylic acids is 1. The second kappa shape index (κ2) is 8.01. The summed E-state index contributed by atoms with van der Waals surface area (Å²) in [5.41, 5.74) is 2.75. The molecule has 1 saturated heterocycles. The van der Waals surface area contributed by atoms with Gasteiger partial charge in [-0.1, -0.05) is 0 Å². The van der Waals surface area contributed by atoms with E-state index in [1.165, 1.54) is 0 Å². The van der Waals surface area contributed by atoms with Crippen LogP contribution in [-0.4, -0.2) is 67.1 Å². The van der Waals surface area contributed by atoms with Crippen molar-refractivity contribution >= 4 is 28.4 Å². The number of anilines is 1. The second-order valence-corrected chi connectivity index (χ2v) is 10.2. The standard InChI is InChI=1S/C26H29N7O3/c1-27-22-11-20(19-14-32(16-6-9-36-10-7-16)23-17(19)3-2-8-28-23)30-24-18(13-29-33(22)24)25(34)31-21-5-4-15-12-26(15,21)35/h2-3,8,11,13-16,21,27,35H,4-7,9-10,12H2,1H3,(H,31,34)/t15?,21-,26-/m0/s1. The summed E-state index contributed by atoms with van der Waals surface area (Å²) in [6, 6.07) is 6.05. The molecule has 186 valence electrons. The Balaban J connectivity index is 1.32. The number of fused-ring (bicyclic) bond motifs is 3. The molecule has 10 nitrogen and oxygen atoms in total. The van der Waals surface area contributed by atoms with Crippen molar-refractivity contribution in [1.82, 2.24) is 29.5 Å². The van der Waals surface area contributed by atoms with Gasteiger partial charge < -0.3 is 25.0 Å². The summed E-state index contributed by atoms with van der Waals surface area (Å²) in [6.07, 6.45) is 9.90. The molecule has 3 N–H and O–H groups in total. The Labute approximate surface area is 207 Å². The normalized spacial score (nSPS) is 25.8. The van der Waals surface area contributed by atoms with Gasteiger partial charge in [-0.25, -0.2) is 9.97 Å². The minimum atomic E-state index is -0.744. The van der Waals surface area contributed by atoms with Crippen LogP contribution in [0.3, 0.4) is 0 Å². The van der Waals surface area contributed by atoms with Gasteiger partial charge in [-0.15, -0.1) is 0 Å². The Kier molecular flexibility index (Phi) is 4.84. The summed E-state index contributed by atoms with van der Waals surface area (Å²) in [5, 5.41) is 22.4. The van der Waals surface area contributed by atoms with Crippen molar-refractivity contribution in [2.24, 2.45) is 5.92 Å². The fourth-order valence-corrected chi connectivity index (χ4v) is 6.13. The highest BCUT2D eigenvalue weighted by Crippen LogP contribution is 2.55. The van der Waals surface area contributed by atoms with Crippen LogP contribution in [0.25, 0.3) is 27.9 Å². The fourth-order valence-electron chi connectivity index (χ4n) is 6.13. The first kappa shape index (κ1) is 21.8. The Morgan fingerprint density at radius 2 is 2.08 bits per heavy atom. The second-order valence-electron chi connectivity index (χ2n) is 10.2. The third-order valence-corrected chi connectivity index (χ3v) is 8.26. The molecule has 0 bridgehead atoms. The molecule has 0 spiro atoms. The molecule has 7 rings (SSSR count). The molecule has 4 aromatic rings. The molecule has 3 fully saturated rings. The lowest BCUT2D eigenvalue weighted by Gasteiger charge is -2.24. The van der Waals surface area contributed by atoms with Crippen LogP contribution in [0.5, 0.6) is 0 Å². The monoisotopic (exact) mass is 487 g/mol. The number of ether oxygens (including phenoxy) is 1. The average Bonchev–Trinajstić information content (AvgIpc) is 3.22. The third kappa shape index (κ3) is 3.24. The lowest BCUT2D eigenvalue weighted by Crippen LogP contribution is -2.43. The Hall–Kier alpha value is -3.50. The number of aromatic nitrogens is 5. The van der Waals surface area contributed by atoms with E-state index in [-0.39, 0.29) is 11.9 Å². The summed E-state index contributed by atoms with van der Waals surface area (Å²) >= 11 is 0. The number of rotatable bonds is 5. The average molecular weight is 488 g/mol. The zero-order valence-corrected chi connectivity index (χ0v) is 20.1. The topological polar surface area (TPSA) is 119 Å². The first-order valence-corrected chi connectivity index (χ1v) is 12.7. The number of amides is 1. The number of aliphatic hydroxyl groups is 1. The smallest absolute Gasteiger partial charge is 0.257 e. The quantitative estimate of drug-likeness (QED) is 0.396. The Bertz CT molecular complexity index is 1490. The third-order valence-electron chi connectivity index (χ3n) is 8.26. The number of hydrogen-bond acceptors (Lipinski definition) is 7. The summed E-state index contributed by atoms with van der Waals surface area (Å²) in [5.74, 6) is 0.787. The zero-order chi connectivity index (χ0) is 24.4. The molecule has 2 saturated carbocycles. The van der Waals surface area contributed by atoms with Gasteiger partial charge in [0, 0.05) is 55.7 Å². The molecule has 1 unspecified atom stereocenters. The van der Waals surface area contributed by atoms with Crippen LogP contribution in [0.2, 0.25) is 0 Å².